The first-order chi connectivity index (χ1) is 11.3. The molecule has 25 heavy (non-hydrogen) atoms. The molecule has 0 radical (unpaired) electrons. The van der Waals surface area contributed by atoms with Crippen molar-refractivity contribution in [3.63, 3.8) is 0 Å². The molecule has 7 heteroatoms. The minimum absolute atomic E-state index is 0. The van der Waals surface area contributed by atoms with Gasteiger partial charge in [-0.3, -0.25) is 4.79 Å². The quantitative estimate of drug-likeness (QED) is 0.714. The van der Waals surface area contributed by atoms with Crippen molar-refractivity contribution in [3.8, 4) is 0 Å². The molecule has 1 amide bonds. The Morgan fingerprint density at radius 2 is 1.92 bits per heavy atom. The van der Waals surface area contributed by atoms with Crippen LogP contribution >= 0.6 is 12.4 Å². The van der Waals surface area contributed by atoms with Gasteiger partial charge in [0.15, 0.2) is 9.84 Å². The number of hydrogen-bond donors (Lipinski definition) is 2. The summed E-state index contributed by atoms with van der Waals surface area (Å²) < 4.78 is 24.9. The van der Waals surface area contributed by atoms with Gasteiger partial charge in [0.2, 0.25) is 5.91 Å². The van der Waals surface area contributed by atoms with E-state index in [1.807, 2.05) is 6.07 Å². The number of hydrogen-bond acceptors (Lipinski definition) is 4. The van der Waals surface area contributed by atoms with Gasteiger partial charge in [0.1, 0.15) is 0 Å². The molecule has 1 unspecified atom stereocenters. The number of fused-ring (bicyclic) bond motifs is 1. The lowest BCUT2D eigenvalue weighted by atomic mass is 10.0. The summed E-state index contributed by atoms with van der Waals surface area (Å²) in [4.78, 5) is 12.4. The monoisotopic (exact) mass is 388 g/mol. The summed E-state index contributed by atoms with van der Waals surface area (Å²) >= 11 is 0. The number of aryl methyl sites for hydroxylation is 2. The van der Waals surface area contributed by atoms with Gasteiger partial charge < -0.3 is 11.1 Å². The molecule has 0 fully saturated rings. The summed E-state index contributed by atoms with van der Waals surface area (Å²) in [7, 11) is -3.43. The largest absolute Gasteiger partial charge is 0.352 e. The topological polar surface area (TPSA) is 89.3 Å². The molecule has 1 aliphatic rings. The summed E-state index contributed by atoms with van der Waals surface area (Å²) in [5.74, 6) is 0.00109. The van der Waals surface area contributed by atoms with Gasteiger partial charge in [-0.05, 0) is 54.9 Å². The van der Waals surface area contributed by atoms with E-state index in [0.29, 0.717) is 17.4 Å². The van der Waals surface area contributed by atoms with E-state index in [9.17, 15) is 13.2 Å². The lowest BCUT2D eigenvalue weighted by Crippen LogP contribution is -2.41. The van der Waals surface area contributed by atoms with Gasteiger partial charge in [-0.25, -0.2) is 8.42 Å². The molecule has 0 heterocycles. The van der Waals surface area contributed by atoms with Crippen LogP contribution in [0.25, 0.3) is 0 Å². The minimum atomic E-state index is -3.43. The van der Waals surface area contributed by atoms with Crippen molar-refractivity contribution in [2.24, 2.45) is 11.7 Å². The van der Waals surface area contributed by atoms with Crippen LogP contribution in [0.15, 0.2) is 23.1 Å². The first kappa shape index (κ1) is 21.9. The molecular formula is C18H29ClN2O3S. The van der Waals surface area contributed by atoms with E-state index in [1.165, 1.54) is 5.56 Å². The molecule has 0 spiro atoms. The maximum Gasteiger partial charge on any atom is 0.221 e. The third-order valence-electron chi connectivity index (χ3n) is 4.43. The van der Waals surface area contributed by atoms with E-state index in [2.05, 4.69) is 19.2 Å². The number of amides is 1. The van der Waals surface area contributed by atoms with E-state index in [1.54, 1.807) is 12.1 Å². The van der Waals surface area contributed by atoms with E-state index in [-0.39, 0.29) is 36.5 Å². The summed E-state index contributed by atoms with van der Waals surface area (Å²) in [6.07, 6.45) is 3.80. The van der Waals surface area contributed by atoms with Gasteiger partial charge in [0.25, 0.3) is 0 Å². The zero-order valence-corrected chi connectivity index (χ0v) is 16.6. The number of benzene rings is 1. The van der Waals surface area contributed by atoms with Crippen LogP contribution in [0.2, 0.25) is 0 Å². The summed E-state index contributed by atoms with van der Waals surface area (Å²) in [5.41, 5.74) is 8.03. The minimum Gasteiger partial charge on any atom is -0.352 e. The number of nitrogens with one attached hydrogen (secondary N) is 1. The molecule has 5 nitrogen and oxygen atoms in total. The maximum atomic E-state index is 12.5. The first-order valence-electron chi connectivity index (χ1n) is 8.66. The van der Waals surface area contributed by atoms with E-state index < -0.39 is 9.84 Å². The standard InChI is InChI=1S/C18H28N2O3S.ClH/c1-13(2)10-16(12-19)20-18(21)8-9-24(22,23)17-7-6-14-4-3-5-15(14)11-17;/h6-7,11,13,16H,3-5,8-10,12,19H2,1-2H3,(H,20,21);1H. The van der Waals surface area contributed by atoms with Gasteiger partial charge in [0.05, 0.1) is 10.6 Å². The van der Waals surface area contributed by atoms with Crippen LogP contribution < -0.4 is 11.1 Å². The Balaban J connectivity index is 0.00000312. The Morgan fingerprint density at radius 1 is 1.24 bits per heavy atom. The van der Waals surface area contributed by atoms with Crippen molar-refractivity contribution >= 4 is 28.2 Å². The smallest absolute Gasteiger partial charge is 0.221 e. The van der Waals surface area contributed by atoms with Crippen molar-refractivity contribution in [3.05, 3.63) is 29.3 Å². The lowest BCUT2D eigenvalue weighted by molar-refractivity contribution is -0.121. The number of carbonyl (C=O) groups excluding carboxylic acids is 1. The van der Waals surface area contributed by atoms with Crippen molar-refractivity contribution in [2.45, 2.75) is 56.9 Å². The highest BCUT2D eigenvalue weighted by atomic mass is 35.5. The van der Waals surface area contributed by atoms with Crippen LogP contribution in [0.3, 0.4) is 0 Å². The maximum absolute atomic E-state index is 12.5. The molecule has 0 saturated heterocycles. The molecular weight excluding hydrogens is 360 g/mol. The molecule has 142 valence electrons. The second-order valence-corrected chi connectivity index (χ2v) is 9.09. The number of carbonyl (C=O) groups is 1. The molecule has 0 aromatic heterocycles. The molecule has 1 aromatic rings. The third-order valence-corrected chi connectivity index (χ3v) is 6.15. The Bertz CT molecular complexity index is 690. The SMILES string of the molecule is CC(C)CC(CN)NC(=O)CCS(=O)(=O)c1ccc2c(c1)CCC2.Cl. The van der Waals surface area contributed by atoms with Crippen LogP contribution in [0.4, 0.5) is 0 Å². The summed E-state index contributed by atoms with van der Waals surface area (Å²) in [5, 5.41) is 2.84. The number of nitrogens with two attached hydrogens (primary N) is 1. The molecule has 0 saturated carbocycles. The predicted octanol–water partition coefficient (Wildman–Crippen LogP) is 2.25. The van der Waals surface area contributed by atoms with E-state index in [4.69, 9.17) is 5.73 Å². The Labute approximate surface area is 157 Å². The number of sulfone groups is 1. The Hall–Kier alpha value is -1.11. The zero-order chi connectivity index (χ0) is 17.7. The number of halogens is 1. The molecule has 0 bridgehead atoms. The molecule has 2 rings (SSSR count). The lowest BCUT2D eigenvalue weighted by Gasteiger charge is -2.18. The second-order valence-electron chi connectivity index (χ2n) is 6.98. The van der Waals surface area contributed by atoms with Gasteiger partial charge in [-0.15, -0.1) is 12.4 Å². The summed E-state index contributed by atoms with van der Waals surface area (Å²) in [6.45, 7) is 4.49. The Morgan fingerprint density at radius 3 is 2.56 bits per heavy atom. The average Bonchev–Trinajstić information content (AvgIpc) is 2.99. The van der Waals surface area contributed by atoms with Crippen molar-refractivity contribution in [1.82, 2.24) is 5.32 Å². The average molecular weight is 389 g/mol. The highest BCUT2D eigenvalue weighted by Gasteiger charge is 2.20. The predicted molar refractivity (Wildman–Crippen MR) is 103 cm³/mol. The third kappa shape index (κ3) is 6.28. The van der Waals surface area contributed by atoms with Crippen molar-refractivity contribution in [1.29, 1.82) is 0 Å². The van der Waals surface area contributed by atoms with Gasteiger partial charge in [-0.1, -0.05) is 19.9 Å². The van der Waals surface area contributed by atoms with Gasteiger partial charge in [-0.2, -0.15) is 0 Å². The van der Waals surface area contributed by atoms with Crippen molar-refractivity contribution in [2.75, 3.05) is 12.3 Å². The normalized spacial score (nSPS) is 14.7. The fourth-order valence-corrected chi connectivity index (χ4v) is 4.46. The zero-order valence-electron chi connectivity index (χ0n) is 15.0. The van der Waals surface area contributed by atoms with E-state index >= 15 is 0 Å². The Kier molecular flexibility index (Phi) is 8.38. The van der Waals surface area contributed by atoms with Gasteiger partial charge >= 0.3 is 0 Å². The highest BCUT2D eigenvalue weighted by molar-refractivity contribution is 7.91. The van der Waals surface area contributed by atoms with Crippen LogP contribution in [0, 0.1) is 5.92 Å². The van der Waals surface area contributed by atoms with E-state index in [0.717, 1.165) is 31.2 Å². The molecule has 1 aromatic carbocycles. The molecule has 0 aliphatic heterocycles. The molecule has 3 N–H and O–H groups in total. The van der Waals surface area contributed by atoms with Crippen LogP contribution in [0.1, 0.15) is 44.2 Å². The molecule has 1 atom stereocenters. The van der Waals surface area contributed by atoms with Crippen LogP contribution in [0.5, 0.6) is 0 Å². The first-order valence-corrected chi connectivity index (χ1v) is 10.3. The number of rotatable bonds is 8. The summed E-state index contributed by atoms with van der Waals surface area (Å²) in [6, 6.07) is 5.25. The highest BCUT2D eigenvalue weighted by Crippen LogP contribution is 2.25. The van der Waals surface area contributed by atoms with Crippen molar-refractivity contribution < 1.29 is 13.2 Å². The van der Waals surface area contributed by atoms with Crippen LogP contribution in [-0.4, -0.2) is 32.7 Å². The van der Waals surface area contributed by atoms with Crippen LogP contribution in [-0.2, 0) is 27.5 Å². The van der Waals surface area contributed by atoms with Gasteiger partial charge in [0, 0.05) is 19.0 Å². The fourth-order valence-electron chi connectivity index (χ4n) is 3.17. The fraction of sp³-hybridized carbons (Fsp3) is 0.611. The second kappa shape index (κ2) is 9.55. The molecule has 1 aliphatic carbocycles.